The summed E-state index contributed by atoms with van der Waals surface area (Å²) in [5.41, 5.74) is 1.97. The van der Waals surface area contributed by atoms with Crippen molar-refractivity contribution in [2.24, 2.45) is 0 Å². The molecule has 0 radical (unpaired) electrons. The highest BCUT2D eigenvalue weighted by Crippen LogP contribution is 2.23. The second kappa shape index (κ2) is 6.54. The Bertz CT molecular complexity index is 709. The van der Waals surface area contributed by atoms with Crippen LogP contribution in [0.4, 0.5) is 5.69 Å². The Labute approximate surface area is 130 Å². The van der Waals surface area contributed by atoms with Crippen molar-refractivity contribution >= 4 is 27.3 Å². The van der Waals surface area contributed by atoms with Crippen LogP contribution in [0.25, 0.3) is 0 Å². The fourth-order valence-corrected chi connectivity index (χ4v) is 3.12. The van der Waals surface area contributed by atoms with Gasteiger partial charge in [0, 0.05) is 22.9 Å². The van der Waals surface area contributed by atoms with Gasteiger partial charge in [0.05, 0.1) is 4.90 Å². The number of nitrogens with one attached hydrogen (secondary N) is 1. The first-order chi connectivity index (χ1) is 9.90. The molecule has 112 valence electrons. The van der Waals surface area contributed by atoms with Gasteiger partial charge in [0.1, 0.15) is 0 Å². The number of rotatable bonds is 5. The molecule has 1 atom stereocenters. The lowest BCUT2D eigenvalue weighted by Crippen LogP contribution is -2.07. The van der Waals surface area contributed by atoms with Crippen LogP contribution in [0.1, 0.15) is 18.5 Å². The highest BCUT2D eigenvalue weighted by Gasteiger charge is 2.09. The Balaban J connectivity index is 2.17. The van der Waals surface area contributed by atoms with Crippen LogP contribution < -0.4 is 5.32 Å². The predicted molar refractivity (Wildman–Crippen MR) is 89.8 cm³/mol. The molecule has 1 N–H and O–H groups in total. The molecule has 5 heteroatoms. The van der Waals surface area contributed by atoms with E-state index in [1.807, 2.05) is 12.3 Å². The Morgan fingerprint density at radius 2 is 1.76 bits per heavy atom. The Morgan fingerprint density at radius 3 is 2.33 bits per heavy atom. The summed E-state index contributed by atoms with van der Waals surface area (Å²) in [7, 11) is -3.18. The number of benzene rings is 2. The largest absolute Gasteiger partial charge is 0.378 e. The van der Waals surface area contributed by atoms with Crippen molar-refractivity contribution < 1.29 is 8.42 Å². The molecular weight excluding hydrogens is 302 g/mol. The van der Waals surface area contributed by atoms with E-state index in [0.717, 1.165) is 11.3 Å². The molecule has 3 nitrogen and oxygen atoms in total. The number of thioether (sulfide) groups is 1. The maximum absolute atomic E-state index is 11.6. The zero-order chi connectivity index (χ0) is 15.5. The van der Waals surface area contributed by atoms with Crippen LogP contribution in [0.15, 0.2) is 58.3 Å². The zero-order valence-corrected chi connectivity index (χ0v) is 14.0. The maximum atomic E-state index is 11.6. The summed E-state index contributed by atoms with van der Waals surface area (Å²) >= 11 is 1.71. The van der Waals surface area contributed by atoms with Crippen LogP contribution in [0.3, 0.4) is 0 Å². The van der Waals surface area contributed by atoms with Crippen molar-refractivity contribution in [1.82, 2.24) is 0 Å². The summed E-state index contributed by atoms with van der Waals surface area (Å²) in [4.78, 5) is 1.56. The summed E-state index contributed by atoms with van der Waals surface area (Å²) in [6.45, 7) is 2.06. The summed E-state index contributed by atoms with van der Waals surface area (Å²) < 4.78 is 23.2. The highest BCUT2D eigenvalue weighted by molar-refractivity contribution is 7.98. The van der Waals surface area contributed by atoms with Crippen LogP contribution in [0, 0.1) is 0 Å². The Morgan fingerprint density at radius 1 is 1.10 bits per heavy atom. The standard InChI is InChI=1S/C16H19NO2S2/c1-12(13-7-9-15(20-2)10-8-13)17-14-5-4-6-16(11-14)21(3,18)19/h4-12,17H,1-3H3. The monoisotopic (exact) mass is 321 g/mol. The first-order valence-corrected chi connectivity index (χ1v) is 9.72. The second-order valence-electron chi connectivity index (χ2n) is 4.94. The van der Waals surface area contributed by atoms with E-state index < -0.39 is 9.84 Å². The molecule has 0 saturated carbocycles. The fourth-order valence-electron chi connectivity index (χ4n) is 2.04. The summed E-state index contributed by atoms with van der Waals surface area (Å²) in [6, 6.07) is 15.4. The number of hydrogen-bond donors (Lipinski definition) is 1. The molecular formula is C16H19NO2S2. The molecule has 1 unspecified atom stereocenters. The first-order valence-electron chi connectivity index (χ1n) is 6.61. The van der Waals surface area contributed by atoms with Crippen molar-refractivity contribution in [3.8, 4) is 0 Å². The topological polar surface area (TPSA) is 46.2 Å². The quantitative estimate of drug-likeness (QED) is 0.846. The number of sulfone groups is 1. The van der Waals surface area contributed by atoms with Gasteiger partial charge in [-0.1, -0.05) is 18.2 Å². The van der Waals surface area contributed by atoms with E-state index in [2.05, 4.69) is 36.5 Å². The van der Waals surface area contributed by atoms with Gasteiger partial charge in [-0.2, -0.15) is 0 Å². The molecule has 2 rings (SSSR count). The van der Waals surface area contributed by atoms with E-state index in [-0.39, 0.29) is 6.04 Å². The molecule has 0 aromatic heterocycles. The summed E-state index contributed by atoms with van der Waals surface area (Å²) in [6.07, 6.45) is 3.27. The van der Waals surface area contributed by atoms with Gasteiger partial charge in [-0.25, -0.2) is 8.42 Å². The molecule has 0 saturated heterocycles. The highest BCUT2D eigenvalue weighted by atomic mass is 32.2. The molecule has 0 spiro atoms. The van der Waals surface area contributed by atoms with E-state index >= 15 is 0 Å². The van der Waals surface area contributed by atoms with Gasteiger partial charge in [0.25, 0.3) is 0 Å². The Kier molecular flexibility index (Phi) is 4.96. The molecule has 21 heavy (non-hydrogen) atoms. The summed E-state index contributed by atoms with van der Waals surface area (Å²) in [5, 5.41) is 3.34. The summed E-state index contributed by atoms with van der Waals surface area (Å²) in [5.74, 6) is 0. The fraction of sp³-hybridized carbons (Fsp3) is 0.250. The van der Waals surface area contributed by atoms with Crippen molar-refractivity contribution in [2.75, 3.05) is 17.8 Å². The minimum Gasteiger partial charge on any atom is -0.378 e. The average Bonchev–Trinajstić information content (AvgIpc) is 2.47. The third-order valence-electron chi connectivity index (χ3n) is 3.26. The van der Waals surface area contributed by atoms with E-state index in [9.17, 15) is 8.42 Å². The lowest BCUT2D eigenvalue weighted by molar-refractivity contribution is 0.602. The Hall–Kier alpha value is -1.46. The van der Waals surface area contributed by atoms with Crippen molar-refractivity contribution in [1.29, 1.82) is 0 Å². The molecule has 0 bridgehead atoms. The normalized spacial score (nSPS) is 12.9. The minimum absolute atomic E-state index is 0.107. The average molecular weight is 321 g/mol. The van der Waals surface area contributed by atoms with Crippen LogP contribution >= 0.6 is 11.8 Å². The molecule has 2 aromatic carbocycles. The van der Waals surface area contributed by atoms with E-state index in [1.165, 1.54) is 11.2 Å². The van der Waals surface area contributed by atoms with Crippen molar-refractivity contribution in [2.45, 2.75) is 22.8 Å². The van der Waals surface area contributed by atoms with Gasteiger partial charge in [-0.05, 0) is 49.1 Å². The number of hydrogen-bond acceptors (Lipinski definition) is 4. The third kappa shape index (κ3) is 4.25. The molecule has 0 amide bonds. The van der Waals surface area contributed by atoms with Crippen LogP contribution in [0.2, 0.25) is 0 Å². The van der Waals surface area contributed by atoms with Crippen LogP contribution in [-0.4, -0.2) is 20.9 Å². The van der Waals surface area contributed by atoms with Crippen LogP contribution in [-0.2, 0) is 9.84 Å². The smallest absolute Gasteiger partial charge is 0.175 e. The van der Waals surface area contributed by atoms with Crippen LogP contribution in [0.5, 0.6) is 0 Å². The van der Waals surface area contributed by atoms with Crippen molar-refractivity contribution in [3.63, 3.8) is 0 Å². The first kappa shape index (κ1) is 15.9. The molecule has 0 heterocycles. The van der Waals surface area contributed by atoms with E-state index in [4.69, 9.17) is 0 Å². The molecule has 2 aromatic rings. The van der Waals surface area contributed by atoms with Gasteiger partial charge in [0.2, 0.25) is 0 Å². The van der Waals surface area contributed by atoms with Gasteiger partial charge < -0.3 is 5.32 Å². The second-order valence-corrected chi connectivity index (χ2v) is 7.83. The van der Waals surface area contributed by atoms with Crippen molar-refractivity contribution in [3.05, 3.63) is 54.1 Å². The maximum Gasteiger partial charge on any atom is 0.175 e. The van der Waals surface area contributed by atoms with Gasteiger partial charge in [0.15, 0.2) is 9.84 Å². The van der Waals surface area contributed by atoms with Gasteiger partial charge >= 0.3 is 0 Å². The SMILES string of the molecule is CSc1ccc(C(C)Nc2cccc(S(C)(=O)=O)c2)cc1. The van der Waals surface area contributed by atoms with E-state index in [1.54, 1.807) is 30.0 Å². The molecule has 0 aliphatic rings. The number of anilines is 1. The van der Waals surface area contributed by atoms with Gasteiger partial charge in [-0.3, -0.25) is 0 Å². The zero-order valence-electron chi connectivity index (χ0n) is 12.3. The lowest BCUT2D eigenvalue weighted by atomic mass is 10.1. The predicted octanol–water partition coefficient (Wildman–Crippen LogP) is 3.99. The van der Waals surface area contributed by atoms with Gasteiger partial charge in [-0.15, -0.1) is 11.8 Å². The van der Waals surface area contributed by atoms with E-state index in [0.29, 0.717) is 4.90 Å². The lowest BCUT2D eigenvalue weighted by Gasteiger charge is -2.16. The molecule has 0 aliphatic heterocycles. The minimum atomic E-state index is -3.18. The molecule has 0 aliphatic carbocycles. The third-order valence-corrected chi connectivity index (χ3v) is 5.11. The molecule has 0 fully saturated rings.